The van der Waals surface area contributed by atoms with E-state index in [1.165, 1.54) is 11.1 Å². The molecular weight excluding hydrogens is 331 g/mol. The molecule has 0 saturated carbocycles. The van der Waals surface area contributed by atoms with Crippen LogP contribution < -0.4 is 5.32 Å². The van der Waals surface area contributed by atoms with Crippen molar-refractivity contribution in [2.45, 2.75) is 25.9 Å². The maximum atomic E-state index is 12.5. The summed E-state index contributed by atoms with van der Waals surface area (Å²) in [6, 6.07) is 13.2. The van der Waals surface area contributed by atoms with Crippen molar-refractivity contribution in [3.8, 4) is 0 Å². The predicted molar refractivity (Wildman–Crippen MR) is 95.1 cm³/mol. The molecule has 2 aromatic carbocycles. The Morgan fingerprint density at radius 3 is 2.65 bits per heavy atom. The standard InChI is InChI=1S/C18H18Cl2N2O/c1-12(18(23)21-17-7-6-15(19)10-16(17)20)22-9-8-13-4-2-3-5-14(13)11-22/h2-7,10,12H,8-9,11H2,1H3,(H,21,23)/t12-/m1/s1. The van der Waals surface area contributed by atoms with E-state index >= 15 is 0 Å². The van der Waals surface area contributed by atoms with E-state index in [2.05, 4.69) is 28.4 Å². The topological polar surface area (TPSA) is 32.3 Å². The third kappa shape index (κ3) is 3.69. The SMILES string of the molecule is C[C@H](C(=O)Nc1ccc(Cl)cc1Cl)N1CCc2ccccc2C1. The normalized spacial score (nSPS) is 15.8. The fourth-order valence-corrected chi connectivity index (χ4v) is 3.30. The summed E-state index contributed by atoms with van der Waals surface area (Å²) in [4.78, 5) is 14.7. The minimum absolute atomic E-state index is 0.0615. The first-order valence-corrected chi connectivity index (χ1v) is 8.37. The Labute approximate surface area is 146 Å². The molecule has 0 unspecified atom stereocenters. The summed E-state index contributed by atoms with van der Waals surface area (Å²) in [5, 5.41) is 3.88. The van der Waals surface area contributed by atoms with Gasteiger partial charge in [0, 0.05) is 18.1 Å². The molecule has 3 nitrogen and oxygen atoms in total. The molecule has 0 aliphatic carbocycles. The van der Waals surface area contributed by atoms with Gasteiger partial charge in [-0.15, -0.1) is 0 Å². The van der Waals surface area contributed by atoms with Crippen molar-refractivity contribution in [2.24, 2.45) is 0 Å². The zero-order valence-corrected chi connectivity index (χ0v) is 14.4. The average molecular weight is 349 g/mol. The third-order valence-corrected chi connectivity index (χ3v) is 4.82. The van der Waals surface area contributed by atoms with E-state index in [1.807, 2.05) is 13.0 Å². The van der Waals surface area contributed by atoms with Gasteiger partial charge in [-0.1, -0.05) is 47.5 Å². The highest BCUT2D eigenvalue weighted by molar-refractivity contribution is 6.36. The number of halogens is 2. The van der Waals surface area contributed by atoms with Crippen LogP contribution in [0.1, 0.15) is 18.1 Å². The Kier molecular flexibility index (Phi) is 4.90. The largest absolute Gasteiger partial charge is 0.323 e. The van der Waals surface area contributed by atoms with Crippen LogP contribution in [-0.4, -0.2) is 23.4 Å². The minimum Gasteiger partial charge on any atom is -0.323 e. The van der Waals surface area contributed by atoms with E-state index in [4.69, 9.17) is 23.2 Å². The molecule has 0 fully saturated rings. The number of nitrogens with one attached hydrogen (secondary N) is 1. The number of carbonyl (C=O) groups is 1. The molecule has 1 N–H and O–H groups in total. The van der Waals surface area contributed by atoms with Gasteiger partial charge in [0.25, 0.3) is 0 Å². The summed E-state index contributed by atoms with van der Waals surface area (Å²) in [5.41, 5.74) is 3.25. The van der Waals surface area contributed by atoms with Gasteiger partial charge in [0.1, 0.15) is 0 Å². The number of amides is 1. The van der Waals surface area contributed by atoms with E-state index in [1.54, 1.807) is 18.2 Å². The maximum absolute atomic E-state index is 12.5. The molecular formula is C18H18Cl2N2O. The number of carbonyl (C=O) groups excluding carboxylic acids is 1. The number of benzene rings is 2. The van der Waals surface area contributed by atoms with Crippen molar-refractivity contribution in [2.75, 3.05) is 11.9 Å². The molecule has 0 saturated heterocycles. The first-order valence-electron chi connectivity index (χ1n) is 7.61. The molecule has 1 amide bonds. The van der Waals surface area contributed by atoms with Crippen molar-refractivity contribution in [1.82, 2.24) is 4.90 Å². The van der Waals surface area contributed by atoms with E-state index in [9.17, 15) is 4.79 Å². The number of fused-ring (bicyclic) bond motifs is 1. The van der Waals surface area contributed by atoms with Crippen molar-refractivity contribution in [3.63, 3.8) is 0 Å². The molecule has 5 heteroatoms. The van der Waals surface area contributed by atoms with Gasteiger partial charge in [0.15, 0.2) is 0 Å². The van der Waals surface area contributed by atoms with Gasteiger partial charge in [-0.25, -0.2) is 0 Å². The highest BCUT2D eigenvalue weighted by Gasteiger charge is 2.25. The lowest BCUT2D eigenvalue weighted by Gasteiger charge is -2.32. The summed E-state index contributed by atoms with van der Waals surface area (Å²) in [6.45, 7) is 3.59. The van der Waals surface area contributed by atoms with E-state index in [0.717, 1.165) is 19.5 Å². The second-order valence-corrected chi connectivity index (χ2v) is 6.62. The highest BCUT2D eigenvalue weighted by atomic mass is 35.5. The first-order chi connectivity index (χ1) is 11.0. The zero-order valence-electron chi connectivity index (χ0n) is 12.9. The lowest BCUT2D eigenvalue weighted by atomic mass is 9.99. The molecule has 1 heterocycles. The molecule has 0 radical (unpaired) electrons. The lowest BCUT2D eigenvalue weighted by Crippen LogP contribution is -2.44. The Bertz CT molecular complexity index is 733. The number of nitrogens with zero attached hydrogens (tertiary/aromatic N) is 1. The molecule has 0 spiro atoms. The molecule has 3 rings (SSSR count). The van der Waals surface area contributed by atoms with Crippen LogP contribution in [0.15, 0.2) is 42.5 Å². The fraction of sp³-hybridized carbons (Fsp3) is 0.278. The summed E-state index contributed by atoms with van der Waals surface area (Å²) < 4.78 is 0. The lowest BCUT2D eigenvalue weighted by molar-refractivity contribution is -0.121. The predicted octanol–water partition coefficient (Wildman–Crippen LogP) is 4.38. The number of anilines is 1. The van der Waals surface area contributed by atoms with E-state index in [-0.39, 0.29) is 11.9 Å². The Balaban J connectivity index is 1.68. The maximum Gasteiger partial charge on any atom is 0.241 e. The van der Waals surface area contributed by atoms with Crippen LogP contribution in [0, 0.1) is 0 Å². The van der Waals surface area contributed by atoms with Crippen LogP contribution in [0.3, 0.4) is 0 Å². The number of rotatable bonds is 3. The second-order valence-electron chi connectivity index (χ2n) is 5.78. The monoisotopic (exact) mass is 348 g/mol. The smallest absolute Gasteiger partial charge is 0.241 e. The van der Waals surface area contributed by atoms with Gasteiger partial charge in [0.05, 0.1) is 16.8 Å². The van der Waals surface area contributed by atoms with Crippen molar-refractivity contribution < 1.29 is 4.79 Å². The van der Waals surface area contributed by atoms with Gasteiger partial charge < -0.3 is 5.32 Å². The molecule has 0 bridgehead atoms. The van der Waals surface area contributed by atoms with Crippen molar-refractivity contribution in [3.05, 3.63) is 63.6 Å². The van der Waals surface area contributed by atoms with Gasteiger partial charge in [-0.2, -0.15) is 0 Å². The Morgan fingerprint density at radius 2 is 1.91 bits per heavy atom. The quantitative estimate of drug-likeness (QED) is 0.892. The average Bonchev–Trinajstić information content (AvgIpc) is 2.56. The summed E-state index contributed by atoms with van der Waals surface area (Å²) in [7, 11) is 0. The fourth-order valence-electron chi connectivity index (χ4n) is 2.84. The van der Waals surface area contributed by atoms with Gasteiger partial charge in [0.2, 0.25) is 5.91 Å². The molecule has 1 atom stereocenters. The third-order valence-electron chi connectivity index (χ3n) is 4.28. The van der Waals surface area contributed by atoms with Gasteiger partial charge >= 0.3 is 0 Å². The molecule has 1 aliphatic heterocycles. The summed E-state index contributed by atoms with van der Waals surface area (Å²) in [6.07, 6.45) is 0.968. The van der Waals surface area contributed by atoms with Crippen molar-refractivity contribution in [1.29, 1.82) is 0 Å². The summed E-state index contributed by atoms with van der Waals surface area (Å²) in [5.74, 6) is -0.0615. The van der Waals surface area contributed by atoms with Crippen LogP contribution in [0.2, 0.25) is 10.0 Å². The van der Waals surface area contributed by atoms with Gasteiger partial charge in [-0.3, -0.25) is 9.69 Å². The number of hydrogen-bond donors (Lipinski definition) is 1. The summed E-state index contributed by atoms with van der Waals surface area (Å²) >= 11 is 12.0. The van der Waals surface area contributed by atoms with Crippen LogP contribution in [0.5, 0.6) is 0 Å². The van der Waals surface area contributed by atoms with Crippen LogP contribution in [0.4, 0.5) is 5.69 Å². The van der Waals surface area contributed by atoms with Crippen LogP contribution >= 0.6 is 23.2 Å². The molecule has 2 aromatic rings. The van der Waals surface area contributed by atoms with Gasteiger partial charge in [-0.05, 0) is 42.7 Å². The van der Waals surface area contributed by atoms with E-state index in [0.29, 0.717) is 15.7 Å². The Hall–Kier alpha value is -1.55. The first kappa shape index (κ1) is 16.3. The zero-order chi connectivity index (χ0) is 16.4. The van der Waals surface area contributed by atoms with E-state index < -0.39 is 0 Å². The molecule has 1 aliphatic rings. The molecule has 120 valence electrons. The number of hydrogen-bond acceptors (Lipinski definition) is 2. The second kappa shape index (κ2) is 6.91. The minimum atomic E-state index is -0.227. The molecule has 0 aromatic heterocycles. The Morgan fingerprint density at radius 1 is 1.17 bits per heavy atom. The van der Waals surface area contributed by atoms with Crippen LogP contribution in [-0.2, 0) is 17.8 Å². The molecule has 23 heavy (non-hydrogen) atoms. The van der Waals surface area contributed by atoms with Crippen molar-refractivity contribution >= 4 is 34.8 Å². The van der Waals surface area contributed by atoms with Crippen LogP contribution in [0.25, 0.3) is 0 Å². The highest BCUT2D eigenvalue weighted by Crippen LogP contribution is 2.26.